The summed E-state index contributed by atoms with van der Waals surface area (Å²) in [7, 11) is 0. The first-order chi connectivity index (χ1) is 15.0. The Labute approximate surface area is 183 Å². The van der Waals surface area contributed by atoms with Gasteiger partial charge in [0.05, 0.1) is 11.0 Å². The number of hydrogen-bond donors (Lipinski definition) is 2. The van der Waals surface area contributed by atoms with Gasteiger partial charge in [-0.25, -0.2) is 9.78 Å². The second-order valence-corrected chi connectivity index (χ2v) is 7.84. The molecule has 2 N–H and O–H groups in total. The molecule has 4 rings (SSSR count). The van der Waals surface area contributed by atoms with Crippen molar-refractivity contribution in [1.82, 2.24) is 9.55 Å². The van der Waals surface area contributed by atoms with Crippen LogP contribution in [-0.4, -0.2) is 15.6 Å². The summed E-state index contributed by atoms with van der Waals surface area (Å²) in [5.74, 6) is 1.11. The van der Waals surface area contributed by atoms with Gasteiger partial charge in [0.15, 0.2) is 0 Å². The molecule has 3 aromatic carbocycles. The molecular weight excluding hydrogens is 384 g/mol. The Morgan fingerprint density at radius 3 is 2.32 bits per heavy atom. The van der Waals surface area contributed by atoms with Crippen molar-refractivity contribution in [3.63, 3.8) is 0 Å². The number of anilines is 2. The number of rotatable bonds is 6. The van der Waals surface area contributed by atoms with Gasteiger partial charge in [0.25, 0.3) is 0 Å². The first-order valence-corrected chi connectivity index (χ1v) is 10.7. The second kappa shape index (κ2) is 9.04. The first-order valence-electron chi connectivity index (χ1n) is 10.7. The lowest BCUT2D eigenvalue weighted by Gasteiger charge is -2.10. The van der Waals surface area contributed by atoms with Crippen molar-refractivity contribution >= 4 is 28.4 Å². The van der Waals surface area contributed by atoms with Gasteiger partial charge in [-0.05, 0) is 80.3 Å². The van der Waals surface area contributed by atoms with E-state index in [0.29, 0.717) is 0 Å². The second-order valence-electron chi connectivity index (χ2n) is 7.84. The Hall–Kier alpha value is -3.60. The van der Waals surface area contributed by atoms with Crippen LogP contribution in [0.4, 0.5) is 16.2 Å². The summed E-state index contributed by atoms with van der Waals surface area (Å²) in [4.78, 5) is 17.1. The smallest absolute Gasteiger partial charge is 0.323 e. The molecule has 2 amide bonds. The van der Waals surface area contributed by atoms with Crippen LogP contribution in [0.1, 0.15) is 29.4 Å². The Morgan fingerprint density at radius 2 is 1.58 bits per heavy atom. The molecule has 5 heteroatoms. The van der Waals surface area contributed by atoms with E-state index in [-0.39, 0.29) is 6.03 Å². The highest BCUT2D eigenvalue weighted by Gasteiger charge is 2.09. The van der Waals surface area contributed by atoms with E-state index in [1.807, 2.05) is 43.3 Å². The lowest BCUT2D eigenvalue weighted by Crippen LogP contribution is -2.19. The van der Waals surface area contributed by atoms with Crippen LogP contribution in [0.2, 0.25) is 0 Å². The summed E-state index contributed by atoms with van der Waals surface area (Å²) in [5.41, 5.74) is 7.37. The minimum atomic E-state index is -0.243. The topological polar surface area (TPSA) is 59.0 Å². The van der Waals surface area contributed by atoms with Gasteiger partial charge in [-0.3, -0.25) is 0 Å². The highest BCUT2D eigenvalue weighted by molar-refractivity contribution is 5.99. The number of nitrogens with one attached hydrogen (secondary N) is 2. The number of hydrogen-bond acceptors (Lipinski definition) is 2. The lowest BCUT2D eigenvalue weighted by atomic mass is 10.1. The molecule has 0 unspecified atom stereocenters. The molecule has 31 heavy (non-hydrogen) atoms. The molecule has 1 heterocycles. The maximum atomic E-state index is 12.3. The molecule has 0 atom stereocenters. The van der Waals surface area contributed by atoms with E-state index in [1.165, 1.54) is 16.6 Å². The van der Waals surface area contributed by atoms with E-state index in [2.05, 4.69) is 59.4 Å². The quantitative estimate of drug-likeness (QED) is 0.402. The average molecular weight is 413 g/mol. The van der Waals surface area contributed by atoms with E-state index in [9.17, 15) is 4.79 Å². The van der Waals surface area contributed by atoms with E-state index in [1.54, 1.807) is 0 Å². The summed E-state index contributed by atoms with van der Waals surface area (Å²) < 4.78 is 2.28. The van der Waals surface area contributed by atoms with Crippen LogP contribution < -0.4 is 10.6 Å². The lowest BCUT2D eigenvalue weighted by molar-refractivity contribution is 0.262. The van der Waals surface area contributed by atoms with Crippen LogP contribution in [0.15, 0.2) is 66.7 Å². The minimum absolute atomic E-state index is 0.243. The molecule has 1 aromatic heterocycles. The average Bonchev–Trinajstić information content (AvgIpc) is 3.13. The van der Waals surface area contributed by atoms with Crippen LogP contribution in [-0.2, 0) is 19.4 Å². The predicted molar refractivity (Wildman–Crippen MR) is 128 cm³/mol. The molecule has 0 fully saturated rings. The van der Waals surface area contributed by atoms with Crippen molar-refractivity contribution in [2.24, 2.45) is 0 Å². The largest absolute Gasteiger partial charge is 0.328 e. The standard InChI is InChI=1S/C26H28N4O/c1-4-30-24-8-6-5-7-23(24)29-25(30)16-12-20-10-14-21(15-11-20)27-26(31)28-22-13-9-18(2)19(3)17-22/h5-11,13-15,17H,4,12,16H2,1-3H3,(H2,27,28,31). The van der Waals surface area contributed by atoms with Crippen LogP contribution in [0.25, 0.3) is 11.0 Å². The molecular formula is C26H28N4O. The van der Waals surface area contributed by atoms with E-state index in [4.69, 9.17) is 4.98 Å². The number of urea groups is 1. The number of carbonyl (C=O) groups excluding carboxylic acids is 1. The van der Waals surface area contributed by atoms with Crippen LogP contribution in [0, 0.1) is 13.8 Å². The van der Waals surface area contributed by atoms with Gasteiger partial charge >= 0.3 is 6.03 Å². The van der Waals surface area contributed by atoms with Gasteiger partial charge in [0.2, 0.25) is 0 Å². The summed E-state index contributed by atoms with van der Waals surface area (Å²) in [6.45, 7) is 7.15. The first kappa shape index (κ1) is 20.7. The highest BCUT2D eigenvalue weighted by Crippen LogP contribution is 2.19. The number of nitrogens with zero attached hydrogens (tertiary/aromatic N) is 2. The van der Waals surface area contributed by atoms with E-state index >= 15 is 0 Å². The fourth-order valence-electron chi connectivity index (χ4n) is 3.79. The summed E-state index contributed by atoms with van der Waals surface area (Å²) in [6.07, 6.45) is 1.78. The van der Waals surface area contributed by atoms with Gasteiger partial charge in [0, 0.05) is 24.3 Å². The van der Waals surface area contributed by atoms with E-state index < -0.39 is 0 Å². The molecule has 0 bridgehead atoms. The van der Waals surface area contributed by atoms with Crippen molar-refractivity contribution in [3.05, 3.63) is 89.2 Å². The third-order valence-corrected chi connectivity index (χ3v) is 5.66. The maximum absolute atomic E-state index is 12.3. The highest BCUT2D eigenvalue weighted by atomic mass is 16.2. The van der Waals surface area contributed by atoms with Gasteiger partial charge in [-0.15, -0.1) is 0 Å². The fraction of sp³-hybridized carbons (Fsp3) is 0.231. The van der Waals surface area contributed by atoms with Crippen molar-refractivity contribution < 1.29 is 4.79 Å². The Morgan fingerprint density at radius 1 is 0.871 bits per heavy atom. The third kappa shape index (κ3) is 4.77. The number of para-hydroxylation sites is 2. The monoisotopic (exact) mass is 412 g/mol. The molecule has 0 aliphatic rings. The van der Waals surface area contributed by atoms with Gasteiger partial charge < -0.3 is 15.2 Å². The van der Waals surface area contributed by atoms with Crippen molar-refractivity contribution in [3.8, 4) is 0 Å². The molecule has 0 aliphatic heterocycles. The molecule has 5 nitrogen and oxygen atoms in total. The molecule has 0 aliphatic carbocycles. The summed E-state index contributed by atoms with van der Waals surface area (Å²) in [5, 5.41) is 5.78. The molecule has 0 spiro atoms. The van der Waals surface area contributed by atoms with Crippen LogP contribution in [0.3, 0.4) is 0 Å². The molecule has 4 aromatic rings. The maximum Gasteiger partial charge on any atom is 0.323 e. The van der Waals surface area contributed by atoms with Gasteiger partial charge in [-0.1, -0.05) is 30.3 Å². The zero-order valence-electron chi connectivity index (χ0n) is 18.3. The SMILES string of the molecule is CCn1c(CCc2ccc(NC(=O)Nc3ccc(C)c(C)c3)cc2)nc2ccccc21. The number of aromatic nitrogens is 2. The number of carbonyl (C=O) groups is 1. The normalized spacial score (nSPS) is 10.9. The minimum Gasteiger partial charge on any atom is -0.328 e. The van der Waals surface area contributed by atoms with Crippen molar-refractivity contribution in [2.45, 2.75) is 40.2 Å². The zero-order chi connectivity index (χ0) is 21.8. The Balaban J connectivity index is 1.36. The Bertz CT molecular complexity index is 1210. The predicted octanol–water partition coefficient (Wildman–Crippen LogP) is 6.10. The number of benzene rings is 3. The number of amides is 2. The van der Waals surface area contributed by atoms with Gasteiger partial charge in [0.1, 0.15) is 5.82 Å². The van der Waals surface area contributed by atoms with E-state index in [0.717, 1.165) is 47.7 Å². The fourth-order valence-corrected chi connectivity index (χ4v) is 3.79. The van der Waals surface area contributed by atoms with Crippen LogP contribution in [0.5, 0.6) is 0 Å². The molecule has 0 saturated heterocycles. The molecule has 0 saturated carbocycles. The summed E-state index contributed by atoms with van der Waals surface area (Å²) in [6, 6.07) is 21.9. The van der Waals surface area contributed by atoms with Crippen molar-refractivity contribution in [2.75, 3.05) is 10.6 Å². The van der Waals surface area contributed by atoms with Gasteiger partial charge in [-0.2, -0.15) is 0 Å². The number of imidazole rings is 1. The van der Waals surface area contributed by atoms with Crippen molar-refractivity contribution in [1.29, 1.82) is 0 Å². The molecule has 0 radical (unpaired) electrons. The third-order valence-electron chi connectivity index (χ3n) is 5.66. The molecule has 158 valence electrons. The number of aryl methyl sites for hydroxylation is 5. The Kier molecular flexibility index (Phi) is 6.03. The zero-order valence-corrected chi connectivity index (χ0v) is 18.3. The summed E-state index contributed by atoms with van der Waals surface area (Å²) >= 11 is 0. The number of fused-ring (bicyclic) bond motifs is 1. The van der Waals surface area contributed by atoms with Crippen LogP contribution >= 0.6 is 0 Å².